The summed E-state index contributed by atoms with van der Waals surface area (Å²) in [6.45, 7) is 0. The summed E-state index contributed by atoms with van der Waals surface area (Å²) in [6, 6.07) is 0. The van der Waals surface area contributed by atoms with Crippen molar-refractivity contribution in [1.82, 2.24) is 0 Å². The van der Waals surface area contributed by atoms with Crippen LogP contribution in [-0.2, 0) is 25.9 Å². The van der Waals surface area contributed by atoms with E-state index in [9.17, 15) is 0 Å². The number of hydrogen-bond donors (Lipinski definition) is 0. The number of rotatable bonds is 0. The summed E-state index contributed by atoms with van der Waals surface area (Å²) >= 11 is 5.51. The van der Waals surface area contributed by atoms with Gasteiger partial charge in [0.1, 0.15) is 0 Å². The fourth-order valence-electron chi connectivity index (χ4n) is 0.682. The Morgan fingerprint density at radius 3 is 1.58 bits per heavy atom. The maximum atomic E-state index is 5.37. The molecule has 0 aromatic carbocycles. The summed E-state index contributed by atoms with van der Waals surface area (Å²) in [5.41, 5.74) is 0. The molecule has 0 aromatic rings. The van der Waals surface area contributed by atoms with Crippen molar-refractivity contribution in [2.24, 2.45) is 0 Å². The van der Waals surface area contributed by atoms with Gasteiger partial charge in [-0.2, -0.15) is 0 Å². The van der Waals surface area contributed by atoms with Crippen LogP contribution in [0.4, 0.5) is 0 Å². The van der Waals surface area contributed by atoms with E-state index in [0.717, 1.165) is 0 Å². The molecule has 0 aliphatic carbocycles. The summed E-state index contributed by atoms with van der Waals surface area (Å²) in [5, 5.41) is 0. The second-order valence-corrected chi connectivity index (χ2v) is 14.1. The van der Waals surface area contributed by atoms with Crippen LogP contribution in [0.1, 0.15) is 0 Å². The molecule has 4 fully saturated rings. The molecule has 0 saturated carbocycles. The maximum absolute atomic E-state index is 5.37. The molecular formula is O6P4Se2. The zero-order valence-corrected chi connectivity index (χ0v) is 12.1. The van der Waals surface area contributed by atoms with E-state index >= 15 is 0 Å². The van der Waals surface area contributed by atoms with Crippen LogP contribution in [0.15, 0.2) is 0 Å². The van der Waals surface area contributed by atoms with Gasteiger partial charge in [0.05, 0.1) is 0 Å². The van der Waals surface area contributed by atoms with Crippen LogP contribution in [0.25, 0.3) is 0 Å². The Hall–Kier alpha value is 2.52. The predicted molar refractivity (Wildman–Crippen MR) is 45.7 cm³/mol. The SMILES string of the molecule is [Se]=P12OP3OP(O1)OP(=[Se])(O3)O2. The van der Waals surface area contributed by atoms with E-state index in [-0.39, 0.29) is 0 Å². The Balaban J connectivity index is 2.09. The fourth-order valence-corrected chi connectivity index (χ4v) is 18.7. The van der Waals surface area contributed by atoms with Crippen LogP contribution in [0.2, 0.25) is 0 Å². The molecule has 6 nitrogen and oxygen atoms in total. The third kappa shape index (κ3) is 1.57. The van der Waals surface area contributed by atoms with Gasteiger partial charge < -0.3 is 0 Å². The van der Waals surface area contributed by atoms with E-state index in [4.69, 9.17) is 25.9 Å². The molecule has 4 saturated heterocycles. The summed E-state index contributed by atoms with van der Waals surface area (Å²) in [6.07, 6.45) is -4.62. The monoisotopic (exact) mass is 380 g/mol. The first-order chi connectivity index (χ1) is 5.57. The van der Waals surface area contributed by atoms with Crippen LogP contribution >= 0.6 is 29.6 Å². The second-order valence-electron chi connectivity index (χ2n) is 1.83. The van der Waals surface area contributed by atoms with Gasteiger partial charge in [0.15, 0.2) is 0 Å². The van der Waals surface area contributed by atoms with Crippen LogP contribution in [0, 0.1) is 0 Å². The molecule has 0 amide bonds. The first-order valence-electron chi connectivity index (χ1n) is 2.56. The van der Waals surface area contributed by atoms with Gasteiger partial charge in [0.2, 0.25) is 0 Å². The van der Waals surface area contributed by atoms with Crippen LogP contribution < -0.4 is 0 Å². The van der Waals surface area contributed by atoms with Crippen molar-refractivity contribution in [2.45, 2.75) is 0 Å². The summed E-state index contributed by atoms with van der Waals surface area (Å²) < 4.78 is 31.5. The third-order valence-corrected chi connectivity index (χ3v) is 16.6. The van der Waals surface area contributed by atoms with Gasteiger partial charge in [0, 0.05) is 0 Å². The van der Waals surface area contributed by atoms with E-state index in [1.165, 1.54) is 0 Å². The van der Waals surface area contributed by atoms with Gasteiger partial charge in [-0.3, -0.25) is 0 Å². The molecule has 68 valence electrons. The third-order valence-electron chi connectivity index (χ3n) is 1.000. The summed E-state index contributed by atoms with van der Waals surface area (Å²) in [7, 11) is -2.64. The Bertz CT molecular complexity index is 276. The topological polar surface area (TPSA) is 55.4 Å². The van der Waals surface area contributed by atoms with Gasteiger partial charge in [-0.15, -0.1) is 0 Å². The van der Waals surface area contributed by atoms with Crippen molar-refractivity contribution in [2.75, 3.05) is 0 Å². The molecule has 4 aliphatic heterocycles. The molecule has 0 unspecified atom stereocenters. The minimum absolute atomic E-state index is 1.32. The first kappa shape index (κ1) is 9.72. The zero-order valence-electron chi connectivity index (χ0n) is 5.05. The molecule has 0 atom stereocenters. The van der Waals surface area contributed by atoms with Crippen LogP contribution in [0.3, 0.4) is 0 Å². The Morgan fingerprint density at radius 1 is 0.833 bits per heavy atom. The van der Waals surface area contributed by atoms with Gasteiger partial charge in [-0.1, -0.05) is 0 Å². The second kappa shape index (κ2) is 3.01. The molecule has 0 N–H and O–H groups in total. The van der Waals surface area contributed by atoms with E-state index in [1.807, 2.05) is 0 Å². The van der Waals surface area contributed by atoms with Crippen molar-refractivity contribution in [1.29, 1.82) is 0 Å². The van der Waals surface area contributed by atoms with Crippen LogP contribution in [0.5, 0.6) is 0 Å². The first-order valence-corrected chi connectivity index (χ1v) is 12.3. The van der Waals surface area contributed by atoms with Crippen molar-refractivity contribution < 1.29 is 25.9 Å². The van der Waals surface area contributed by atoms with E-state index in [1.54, 1.807) is 0 Å². The molecule has 4 aliphatic rings. The van der Waals surface area contributed by atoms with Gasteiger partial charge >= 0.3 is 85.6 Å². The van der Waals surface area contributed by atoms with Crippen molar-refractivity contribution in [3.05, 3.63) is 0 Å². The quantitative estimate of drug-likeness (QED) is 0.477. The average molecular weight is 378 g/mol. The molecule has 0 aromatic heterocycles. The Morgan fingerprint density at radius 2 is 1.25 bits per heavy atom. The molecule has 4 heterocycles. The normalized spacial score (nSPS) is 62.3. The molecule has 4 rings (SSSR count). The predicted octanol–water partition coefficient (Wildman–Crippen LogP) is 2.27. The van der Waals surface area contributed by atoms with Crippen molar-refractivity contribution >= 4 is 59.8 Å². The van der Waals surface area contributed by atoms with Crippen molar-refractivity contribution in [3.63, 3.8) is 0 Å². The van der Waals surface area contributed by atoms with Gasteiger partial charge in [0.25, 0.3) is 0 Å². The molecular weight excluding hydrogens is 378 g/mol. The summed E-state index contributed by atoms with van der Waals surface area (Å²) in [5.74, 6) is 0. The van der Waals surface area contributed by atoms with E-state index in [2.05, 4.69) is 30.2 Å². The number of hydrogen-bond acceptors (Lipinski definition) is 6. The Kier molecular flexibility index (Phi) is 2.44. The average Bonchev–Trinajstić information content (AvgIpc) is 1.75. The molecule has 0 radical (unpaired) electrons. The minimum atomic E-state index is -2.31. The van der Waals surface area contributed by atoms with E-state index in [0.29, 0.717) is 0 Å². The van der Waals surface area contributed by atoms with Gasteiger partial charge in [-0.05, 0) is 0 Å². The molecule has 12 heteroatoms. The van der Waals surface area contributed by atoms with Gasteiger partial charge in [-0.25, -0.2) is 0 Å². The zero-order chi connectivity index (χ0) is 8.40. The van der Waals surface area contributed by atoms with Crippen LogP contribution in [-0.4, -0.2) is 30.2 Å². The summed E-state index contributed by atoms with van der Waals surface area (Å²) in [4.78, 5) is 0. The molecule has 0 spiro atoms. The van der Waals surface area contributed by atoms with Crippen molar-refractivity contribution in [3.8, 4) is 0 Å². The standard InChI is InChI=1S/O6P4Se2/c11-9-2-7-1-8(4-9)5-10(12,3-7)6-9. The fraction of sp³-hybridized carbons (Fsp3) is 0. The molecule has 12 heavy (non-hydrogen) atoms. The Labute approximate surface area is 85.5 Å². The van der Waals surface area contributed by atoms with E-state index < -0.39 is 29.6 Å². The molecule has 4 bridgehead atoms.